The van der Waals surface area contributed by atoms with Crippen LogP contribution in [0.4, 0.5) is 0 Å². The van der Waals surface area contributed by atoms with Crippen LogP contribution in [0.2, 0.25) is 0 Å². The Morgan fingerprint density at radius 1 is 1.12 bits per heavy atom. The maximum Gasteiger partial charge on any atom is 0.271 e. The lowest BCUT2D eigenvalue weighted by Crippen LogP contribution is -2.45. The minimum absolute atomic E-state index is 0.0379. The fourth-order valence-corrected chi connectivity index (χ4v) is 4.78. The van der Waals surface area contributed by atoms with Crippen molar-refractivity contribution < 1.29 is 14.4 Å². The summed E-state index contributed by atoms with van der Waals surface area (Å²) in [5.41, 5.74) is 5.52. The number of carbonyl (C=O) groups excluding carboxylic acids is 3. The number of fused-ring (bicyclic) bond motifs is 2. The monoisotopic (exact) mass is 457 g/mol. The second-order valence-electron chi connectivity index (χ2n) is 8.81. The number of hydrogen-bond donors (Lipinski definition) is 2. The predicted molar refractivity (Wildman–Crippen MR) is 127 cm³/mol. The van der Waals surface area contributed by atoms with Gasteiger partial charge in [0.25, 0.3) is 17.7 Å². The lowest BCUT2D eigenvalue weighted by molar-refractivity contribution is 0.0647. The van der Waals surface area contributed by atoms with Crippen LogP contribution in [0.5, 0.6) is 0 Å². The van der Waals surface area contributed by atoms with Gasteiger partial charge in [-0.15, -0.1) is 0 Å². The number of amides is 3. The Morgan fingerprint density at radius 3 is 2.76 bits per heavy atom. The predicted octanol–water partition coefficient (Wildman–Crippen LogP) is 2.41. The highest BCUT2D eigenvalue weighted by Gasteiger charge is 2.32. The smallest absolute Gasteiger partial charge is 0.271 e. The zero-order valence-electron chi connectivity index (χ0n) is 19.3. The zero-order valence-corrected chi connectivity index (χ0v) is 19.3. The lowest BCUT2D eigenvalue weighted by Gasteiger charge is -2.38. The first-order chi connectivity index (χ1) is 16.4. The summed E-state index contributed by atoms with van der Waals surface area (Å²) in [6.07, 6.45) is 0.764. The number of rotatable bonds is 4. The first-order valence-electron chi connectivity index (χ1n) is 11.5. The van der Waals surface area contributed by atoms with Gasteiger partial charge in [-0.25, -0.2) is 0 Å². The van der Waals surface area contributed by atoms with Gasteiger partial charge in [0.2, 0.25) is 0 Å². The van der Waals surface area contributed by atoms with E-state index in [-0.39, 0.29) is 36.0 Å². The van der Waals surface area contributed by atoms with E-state index in [1.807, 2.05) is 55.1 Å². The summed E-state index contributed by atoms with van der Waals surface area (Å²) in [5.74, 6) is -0.634. The number of nitrogens with zero attached hydrogens (tertiary/aromatic N) is 3. The highest BCUT2D eigenvalue weighted by Crippen LogP contribution is 2.31. The first-order valence-corrected chi connectivity index (χ1v) is 11.5. The molecule has 174 valence electrons. The van der Waals surface area contributed by atoms with E-state index in [0.29, 0.717) is 30.9 Å². The molecule has 0 aliphatic carbocycles. The molecule has 0 spiro atoms. The van der Waals surface area contributed by atoms with Crippen LogP contribution in [0.15, 0.2) is 48.5 Å². The van der Waals surface area contributed by atoms with Gasteiger partial charge in [-0.1, -0.05) is 36.4 Å². The van der Waals surface area contributed by atoms with Crippen LogP contribution in [-0.2, 0) is 13.0 Å². The van der Waals surface area contributed by atoms with Crippen molar-refractivity contribution in [3.8, 4) is 0 Å². The van der Waals surface area contributed by atoms with E-state index in [4.69, 9.17) is 0 Å². The maximum atomic E-state index is 13.6. The van der Waals surface area contributed by atoms with Crippen LogP contribution in [0.25, 0.3) is 0 Å². The average molecular weight is 458 g/mol. The molecule has 2 aliphatic rings. The standard InChI is InChI=1S/C26H27N5O3/c1-16-6-5-9-19(17(16)2)26(34)30-12-10-18-7-3-4-8-20(18)23(30)15-28-24(32)21-14-22-25(33)27-11-13-31(22)29-21/h3-9,14,23H,10-13,15H2,1-2H3,(H,27,33)(H,28,32). The number of aryl methyl sites for hydroxylation is 1. The first kappa shape index (κ1) is 21.9. The number of nitrogens with one attached hydrogen (secondary N) is 2. The van der Waals surface area contributed by atoms with Crippen molar-refractivity contribution in [3.63, 3.8) is 0 Å². The van der Waals surface area contributed by atoms with Crippen molar-refractivity contribution in [1.82, 2.24) is 25.3 Å². The van der Waals surface area contributed by atoms with Crippen LogP contribution < -0.4 is 10.6 Å². The molecule has 0 fully saturated rings. The van der Waals surface area contributed by atoms with Gasteiger partial charge in [0.1, 0.15) is 5.69 Å². The molecule has 3 amide bonds. The highest BCUT2D eigenvalue weighted by atomic mass is 16.2. The fraction of sp³-hybridized carbons (Fsp3) is 0.308. The molecule has 2 N–H and O–H groups in total. The summed E-state index contributed by atoms with van der Waals surface area (Å²) >= 11 is 0. The molecule has 1 unspecified atom stereocenters. The molecule has 0 bridgehead atoms. The Kier molecular flexibility index (Phi) is 5.65. The third kappa shape index (κ3) is 3.85. The molecule has 0 saturated carbocycles. The molecule has 1 aromatic heterocycles. The number of benzene rings is 2. The topological polar surface area (TPSA) is 96.3 Å². The van der Waals surface area contributed by atoms with Crippen LogP contribution in [-0.4, -0.2) is 52.0 Å². The van der Waals surface area contributed by atoms with Crippen LogP contribution in [0, 0.1) is 13.8 Å². The van der Waals surface area contributed by atoms with Gasteiger partial charge < -0.3 is 15.5 Å². The summed E-state index contributed by atoms with van der Waals surface area (Å²) in [5, 5.41) is 10.0. The Bertz CT molecular complexity index is 1300. The summed E-state index contributed by atoms with van der Waals surface area (Å²) in [6.45, 7) is 5.81. The van der Waals surface area contributed by atoms with Gasteiger partial charge in [-0.2, -0.15) is 5.10 Å². The summed E-state index contributed by atoms with van der Waals surface area (Å²) < 4.78 is 1.56. The number of aromatic nitrogens is 2. The largest absolute Gasteiger partial charge is 0.349 e. The lowest BCUT2D eigenvalue weighted by atomic mass is 9.91. The van der Waals surface area contributed by atoms with E-state index in [1.54, 1.807) is 4.68 Å². The van der Waals surface area contributed by atoms with Gasteiger partial charge in [0.15, 0.2) is 5.69 Å². The molecule has 8 nitrogen and oxygen atoms in total. The molecular weight excluding hydrogens is 430 g/mol. The molecule has 2 aliphatic heterocycles. The molecule has 34 heavy (non-hydrogen) atoms. The van der Waals surface area contributed by atoms with E-state index in [1.165, 1.54) is 11.6 Å². The van der Waals surface area contributed by atoms with Crippen molar-refractivity contribution in [1.29, 1.82) is 0 Å². The van der Waals surface area contributed by atoms with Gasteiger partial charge in [-0.05, 0) is 48.6 Å². The van der Waals surface area contributed by atoms with E-state index >= 15 is 0 Å². The molecule has 8 heteroatoms. The van der Waals surface area contributed by atoms with Gasteiger partial charge in [0.05, 0.1) is 12.6 Å². The molecule has 0 radical (unpaired) electrons. The molecule has 2 aromatic carbocycles. The Balaban J connectivity index is 1.41. The third-order valence-electron chi connectivity index (χ3n) is 6.82. The summed E-state index contributed by atoms with van der Waals surface area (Å²) in [7, 11) is 0. The Labute approximate surface area is 197 Å². The molecule has 3 heterocycles. The molecule has 5 rings (SSSR count). The minimum atomic E-state index is -0.364. The quantitative estimate of drug-likeness (QED) is 0.629. The highest BCUT2D eigenvalue weighted by molar-refractivity contribution is 5.98. The van der Waals surface area contributed by atoms with Crippen LogP contribution >= 0.6 is 0 Å². The number of carbonyl (C=O) groups is 3. The van der Waals surface area contributed by atoms with Crippen LogP contribution in [0.1, 0.15) is 59.6 Å². The van der Waals surface area contributed by atoms with Gasteiger partial charge in [-0.3, -0.25) is 19.1 Å². The van der Waals surface area contributed by atoms with Gasteiger partial charge in [0, 0.05) is 31.3 Å². The maximum absolute atomic E-state index is 13.6. The van der Waals surface area contributed by atoms with Gasteiger partial charge >= 0.3 is 0 Å². The Hall–Kier alpha value is -3.94. The number of hydrogen-bond acceptors (Lipinski definition) is 4. The van der Waals surface area contributed by atoms with Crippen molar-refractivity contribution in [2.45, 2.75) is 32.9 Å². The zero-order chi connectivity index (χ0) is 23.8. The second kappa shape index (κ2) is 8.78. The average Bonchev–Trinajstić information content (AvgIpc) is 3.29. The van der Waals surface area contributed by atoms with E-state index in [9.17, 15) is 14.4 Å². The van der Waals surface area contributed by atoms with Crippen molar-refractivity contribution in [2.75, 3.05) is 19.6 Å². The third-order valence-corrected chi connectivity index (χ3v) is 6.82. The molecular formula is C26H27N5O3. The molecule has 3 aromatic rings. The van der Waals surface area contributed by atoms with Crippen LogP contribution in [0.3, 0.4) is 0 Å². The summed E-state index contributed by atoms with van der Waals surface area (Å²) in [4.78, 5) is 40.5. The van der Waals surface area contributed by atoms with Crippen molar-refractivity contribution in [2.24, 2.45) is 0 Å². The van der Waals surface area contributed by atoms with E-state index in [0.717, 1.165) is 23.1 Å². The van der Waals surface area contributed by atoms with Crippen molar-refractivity contribution in [3.05, 3.63) is 87.7 Å². The summed E-state index contributed by atoms with van der Waals surface area (Å²) in [6, 6.07) is 15.0. The minimum Gasteiger partial charge on any atom is -0.349 e. The van der Waals surface area contributed by atoms with E-state index in [2.05, 4.69) is 21.8 Å². The van der Waals surface area contributed by atoms with E-state index < -0.39 is 0 Å². The molecule has 1 atom stereocenters. The fourth-order valence-electron chi connectivity index (χ4n) is 4.78. The normalized spacial score (nSPS) is 16.9. The van der Waals surface area contributed by atoms with Crippen molar-refractivity contribution >= 4 is 17.7 Å². The molecule has 0 saturated heterocycles. The SMILES string of the molecule is Cc1cccc(C(=O)N2CCc3ccccc3C2CNC(=O)c2cc3n(n2)CCNC3=O)c1C. The second-order valence-corrected chi connectivity index (χ2v) is 8.81. The Morgan fingerprint density at radius 2 is 1.94 bits per heavy atom.